The summed E-state index contributed by atoms with van der Waals surface area (Å²) < 4.78 is 5.70. The lowest BCUT2D eigenvalue weighted by molar-refractivity contribution is 0.0334. The second kappa shape index (κ2) is 11.5. The number of piperazine rings is 1. The van der Waals surface area contributed by atoms with Gasteiger partial charge in [0, 0.05) is 49.3 Å². The zero-order valence-corrected chi connectivity index (χ0v) is 19.7. The molecule has 0 saturated carbocycles. The van der Waals surface area contributed by atoms with E-state index in [1.807, 2.05) is 44.2 Å². The molecule has 1 aliphatic heterocycles. The van der Waals surface area contributed by atoms with E-state index < -0.39 is 12.2 Å². The van der Waals surface area contributed by atoms with Gasteiger partial charge in [0.1, 0.15) is 18.5 Å². The standard InChI is InChI=1S/C24H32Cl2N2O3/c1-17-11-19(3-5-23(17)25)13-20(29)14-27-7-9-28(10-8-27)15-21(30)16-31-22-4-6-24(26)18(2)12-22/h3-6,11-12,20-21,29-30H,7-10,13-16H2,1-2H3/t20-,21+/m1/s1. The second-order valence-electron chi connectivity index (χ2n) is 8.42. The molecule has 1 heterocycles. The minimum atomic E-state index is -0.554. The van der Waals surface area contributed by atoms with Crippen LogP contribution < -0.4 is 4.74 Å². The van der Waals surface area contributed by atoms with Gasteiger partial charge in [-0.3, -0.25) is 9.80 Å². The van der Waals surface area contributed by atoms with Crippen molar-refractivity contribution >= 4 is 23.2 Å². The molecule has 3 rings (SSSR count). The molecule has 0 unspecified atom stereocenters. The molecule has 2 aromatic carbocycles. The maximum absolute atomic E-state index is 10.5. The molecule has 0 bridgehead atoms. The first-order chi connectivity index (χ1) is 14.8. The normalized spacial score (nSPS) is 17.5. The lowest BCUT2D eigenvalue weighted by atomic mass is 10.0. The van der Waals surface area contributed by atoms with Gasteiger partial charge in [0.25, 0.3) is 0 Å². The molecule has 0 amide bonds. The summed E-state index contributed by atoms with van der Waals surface area (Å²) in [6.45, 7) is 8.87. The number of halogens is 2. The number of ether oxygens (including phenoxy) is 1. The molecule has 31 heavy (non-hydrogen) atoms. The topological polar surface area (TPSA) is 56.2 Å². The number of hydrogen-bond acceptors (Lipinski definition) is 5. The van der Waals surface area contributed by atoms with Crippen molar-refractivity contribution in [1.82, 2.24) is 9.80 Å². The maximum Gasteiger partial charge on any atom is 0.119 e. The Labute approximate surface area is 195 Å². The Hall–Kier alpha value is -1.34. The lowest BCUT2D eigenvalue weighted by Crippen LogP contribution is -2.50. The third-order valence-electron chi connectivity index (χ3n) is 5.67. The summed E-state index contributed by atoms with van der Waals surface area (Å²) in [5, 5.41) is 22.3. The van der Waals surface area contributed by atoms with Gasteiger partial charge in [-0.05, 0) is 61.2 Å². The summed E-state index contributed by atoms with van der Waals surface area (Å²) >= 11 is 12.1. The van der Waals surface area contributed by atoms with E-state index in [-0.39, 0.29) is 6.61 Å². The zero-order valence-electron chi connectivity index (χ0n) is 18.2. The zero-order chi connectivity index (χ0) is 22.4. The first kappa shape index (κ1) is 24.3. The van der Waals surface area contributed by atoms with Crippen LogP contribution in [0.1, 0.15) is 16.7 Å². The highest BCUT2D eigenvalue weighted by Gasteiger charge is 2.21. The molecule has 7 heteroatoms. The Morgan fingerprint density at radius 3 is 1.97 bits per heavy atom. The third kappa shape index (κ3) is 7.63. The number of hydrogen-bond donors (Lipinski definition) is 2. The summed E-state index contributed by atoms with van der Waals surface area (Å²) in [5.41, 5.74) is 3.10. The Morgan fingerprint density at radius 2 is 1.39 bits per heavy atom. The summed E-state index contributed by atoms with van der Waals surface area (Å²) in [4.78, 5) is 4.52. The van der Waals surface area contributed by atoms with Gasteiger partial charge < -0.3 is 14.9 Å². The summed E-state index contributed by atoms with van der Waals surface area (Å²) in [6.07, 6.45) is -0.339. The van der Waals surface area contributed by atoms with Gasteiger partial charge in [-0.15, -0.1) is 0 Å². The van der Waals surface area contributed by atoms with Gasteiger partial charge in [0.2, 0.25) is 0 Å². The van der Waals surface area contributed by atoms with Crippen LogP contribution in [-0.4, -0.2) is 78.1 Å². The molecule has 2 aromatic rings. The van der Waals surface area contributed by atoms with Crippen molar-refractivity contribution in [2.45, 2.75) is 32.5 Å². The van der Waals surface area contributed by atoms with Crippen LogP contribution in [0.15, 0.2) is 36.4 Å². The predicted molar refractivity (Wildman–Crippen MR) is 126 cm³/mol. The molecule has 0 aliphatic carbocycles. The van der Waals surface area contributed by atoms with Crippen molar-refractivity contribution in [3.8, 4) is 5.75 Å². The van der Waals surface area contributed by atoms with E-state index >= 15 is 0 Å². The van der Waals surface area contributed by atoms with Crippen molar-refractivity contribution in [2.24, 2.45) is 0 Å². The number of rotatable bonds is 9. The van der Waals surface area contributed by atoms with Crippen LogP contribution in [0.4, 0.5) is 0 Å². The Kier molecular flexibility index (Phi) is 9.02. The lowest BCUT2D eigenvalue weighted by Gasteiger charge is -2.36. The van der Waals surface area contributed by atoms with Crippen LogP contribution in [0.25, 0.3) is 0 Å². The van der Waals surface area contributed by atoms with Crippen molar-refractivity contribution in [3.05, 3.63) is 63.1 Å². The molecule has 170 valence electrons. The van der Waals surface area contributed by atoms with Gasteiger partial charge >= 0.3 is 0 Å². The highest BCUT2D eigenvalue weighted by atomic mass is 35.5. The molecule has 1 fully saturated rings. The van der Waals surface area contributed by atoms with Gasteiger partial charge in [-0.25, -0.2) is 0 Å². The summed E-state index contributed by atoms with van der Waals surface area (Å²) in [5.74, 6) is 0.718. The molecule has 1 saturated heterocycles. The minimum Gasteiger partial charge on any atom is -0.491 e. The highest BCUT2D eigenvalue weighted by molar-refractivity contribution is 6.31. The van der Waals surface area contributed by atoms with Crippen LogP contribution in [0.2, 0.25) is 10.0 Å². The predicted octanol–water partition coefficient (Wildman–Crippen LogP) is 3.57. The Balaban J connectivity index is 1.35. The van der Waals surface area contributed by atoms with Crippen LogP contribution in [-0.2, 0) is 6.42 Å². The van der Waals surface area contributed by atoms with Gasteiger partial charge in [0.05, 0.1) is 6.10 Å². The van der Waals surface area contributed by atoms with Crippen molar-refractivity contribution in [3.63, 3.8) is 0 Å². The second-order valence-corrected chi connectivity index (χ2v) is 9.23. The van der Waals surface area contributed by atoms with E-state index in [4.69, 9.17) is 27.9 Å². The Bertz CT molecular complexity index is 857. The average molecular weight is 467 g/mol. The number of aryl methyl sites for hydroxylation is 2. The van der Waals surface area contributed by atoms with Crippen LogP contribution in [0.3, 0.4) is 0 Å². The van der Waals surface area contributed by atoms with Crippen LogP contribution >= 0.6 is 23.2 Å². The highest BCUT2D eigenvalue weighted by Crippen LogP contribution is 2.21. The number of β-amino-alcohol motifs (C(OH)–C–C–N with tert-alkyl or cyclic N) is 2. The molecule has 0 radical (unpaired) electrons. The monoisotopic (exact) mass is 466 g/mol. The van der Waals surface area contributed by atoms with Gasteiger partial charge in [0.15, 0.2) is 0 Å². The molecule has 2 N–H and O–H groups in total. The Morgan fingerprint density at radius 1 is 0.839 bits per heavy atom. The molecule has 2 atom stereocenters. The first-order valence-corrected chi connectivity index (χ1v) is 11.5. The number of aliphatic hydroxyl groups excluding tert-OH is 2. The summed E-state index contributed by atoms with van der Waals surface area (Å²) in [7, 11) is 0. The van der Waals surface area contributed by atoms with Crippen LogP contribution in [0, 0.1) is 13.8 Å². The largest absolute Gasteiger partial charge is 0.491 e. The fourth-order valence-corrected chi connectivity index (χ4v) is 4.11. The van der Waals surface area contributed by atoms with Crippen molar-refractivity contribution < 1.29 is 14.9 Å². The molecule has 1 aliphatic rings. The maximum atomic E-state index is 10.5. The first-order valence-electron chi connectivity index (χ1n) is 10.7. The average Bonchev–Trinajstić information content (AvgIpc) is 2.73. The van der Waals surface area contributed by atoms with E-state index in [0.717, 1.165) is 53.6 Å². The van der Waals surface area contributed by atoms with Crippen molar-refractivity contribution in [1.29, 1.82) is 0 Å². The third-order valence-corrected chi connectivity index (χ3v) is 6.52. The molecule has 5 nitrogen and oxygen atoms in total. The van der Waals surface area contributed by atoms with Gasteiger partial charge in [-0.1, -0.05) is 35.3 Å². The van der Waals surface area contributed by atoms with E-state index in [1.54, 1.807) is 6.07 Å². The fourth-order valence-electron chi connectivity index (χ4n) is 3.87. The minimum absolute atomic E-state index is 0.251. The molecule has 0 aromatic heterocycles. The quantitative estimate of drug-likeness (QED) is 0.591. The van der Waals surface area contributed by atoms with E-state index in [2.05, 4.69) is 9.80 Å². The number of nitrogens with zero attached hydrogens (tertiary/aromatic N) is 2. The van der Waals surface area contributed by atoms with E-state index in [1.165, 1.54) is 0 Å². The molecule has 0 spiro atoms. The van der Waals surface area contributed by atoms with Gasteiger partial charge in [-0.2, -0.15) is 0 Å². The van der Waals surface area contributed by atoms with E-state index in [0.29, 0.717) is 24.5 Å². The fraction of sp³-hybridized carbons (Fsp3) is 0.500. The smallest absolute Gasteiger partial charge is 0.119 e. The number of benzene rings is 2. The molecular weight excluding hydrogens is 435 g/mol. The van der Waals surface area contributed by atoms with Crippen molar-refractivity contribution in [2.75, 3.05) is 45.9 Å². The van der Waals surface area contributed by atoms with Crippen LogP contribution in [0.5, 0.6) is 5.75 Å². The molecular formula is C24H32Cl2N2O3. The summed E-state index contributed by atoms with van der Waals surface area (Å²) in [6, 6.07) is 11.4. The SMILES string of the molecule is Cc1cc(C[C@@H](O)CN2CCN(C[C@H](O)COc3ccc(Cl)c(C)c3)CC2)ccc1Cl. The number of aliphatic hydroxyl groups is 2. The van der Waals surface area contributed by atoms with E-state index in [9.17, 15) is 10.2 Å².